The molecule has 4 aliphatic carbocycles. The maximum Gasteiger partial charge on any atom is 0.184 e. The molecule has 0 unspecified atom stereocenters. The van der Waals surface area contributed by atoms with E-state index in [4.69, 9.17) is 0 Å². The summed E-state index contributed by atoms with van der Waals surface area (Å²) in [6.07, 6.45) is 7.45. The van der Waals surface area contributed by atoms with Crippen molar-refractivity contribution in [3.63, 3.8) is 0 Å². The van der Waals surface area contributed by atoms with Gasteiger partial charge in [0.2, 0.25) is 0 Å². The molecular weight excluding hydrogens is 424 g/mol. The molecular formula is C30H46O4. The lowest BCUT2D eigenvalue weighted by Crippen LogP contribution is -2.61. The normalized spacial score (nSPS) is 44.8. The zero-order valence-corrected chi connectivity index (χ0v) is 22.6. The second kappa shape index (κ2) is 8.13. The zero-order valence-electron chi connectivity index (χ0n) is 22.6. The summed E-state index contributed by atoms with van der Waals surface area (Å²) in [7, 11) is 0. The number of carbonyl (C=O) groups is 2. The molecule has 190 valence electrons. The Labute approximate surface area is 206 Å². The second-order valence-electron chi connectivity index (χ2n) is 13.6. The SMILES string of the molecule is CC(C)=CC(=O)[C@@H](O)[C@H](C)[C@@H]1CC[C@]2(C)C3=CC[C@H]4C(C)(C)C(=O)CC[C@]4(C)[C@@H]3C[C@@H](O)[C@@]12C. The van der Waals surface area contributed by atoms with E-state index in [0.717, 1.165) is 31.3 Å². The van der Waals surface area contributed by atoms with E-state index in [9.17, 15) is 19.8 Å². The van der Waals surface area contributed by atoms with Crippen molar-refractivity contribution in [1.29, 1.82) is 0 Å². The summed E-state index contributed by atoms with van der Waals surface area (Å²) < 4.78 is 0. The van der Waals surface area contributed by atoms with E-state index < -0.39 is 17.6 Å². The molecule has 3 fully saturated rings. The van der Waals surface area contributed by atoms with Gasteiger partial charge in [-0.05, 0) is 86.5 Å². The van der Waals surface area contributed by atoms with Gasteiger partial charge in [0.1, 0.15) is 11.9 Å². The van der Waals surface area contributed by atoms with E-state index in [-0.39, 0.29) is 39.8 Å². The summed E-state index contributed by atoms with van der Waals surface area (Å²) in [5.41, 5.74) is 1.48. The first-order valence-electron chi connectivity index (χ1n) is 13.4. The molecule has 4 aliphatic rings. The molecule has 0 aromatic carbocycles. The average molecular weight is 471 g/mol. The highest BCUT2D eigenvalue weighted by Crippen LogP contribution is 2.73. The summed E-state index contributed by atoms with van der Waals surface area (Å²) >= 11 is 0. The summed E-state index contributed by atoms with van der Waals surface area (Å²) in [4.78, 5) is 25.5. The molecule has 0 aliphatic heterocycles. The van der Waals surface area contributed by atoms with E-state index in [1.165, 1.54) is 5.57 Å². The van der Waals surface area contributed by atoms with E-state index in [2.05, 4.69) is 40.7 Å². The summed E-state index contributed by atoms with van der Waals surface area (Å²) in [5, 5.41) is 22.8. The molecule has 3 saturated carbocycles. The minimum absolute atomic E-state index is 0.00937. The number of Topliss-reactive ketones (excluding diaryl/α,β-unsaturated/α-hetero) is 1. The van der Waals surface area contributed by atoms with Crippen LogP contribution < -0.4 is 0 Å². The molecule has 0 saturated heterocycles. The van der Waals surface area contributed by atoms with Crippen LogP contribution >= 0.6 is 0 Å². The van der Waals surface area contributed by atoms with Crippen LogP contribution in [0, 0.1) is 45.3 Å². The van der Waals surface area contributed by atoms with E-state index >= 15 is 0 Å². The predicted octanol–water partition coefficient (Wildman–Crippen LogP) is 5.66. The molecule has 0 heterocycles. The topological polar surface area (TPSA) is 74.6 Å². The van der Waals surface area contributed by atoms with Crippen LogP contribution in [0.5, 0.6) is 0 Å². The number of ketones is 2. The summed E-state index contributed by atoms with van der Waals surface area (Å²) in [6.45, 7) is 16.9. The first-order valence-corrected chi connectivity index (χ1v) is 13.4. The fraction of sp³-hybridized carbons (Fsp3) is 0.800. The third-order valence-corrected chi connectivity index (χ3v) is 11.6. The van der Waals surface area contributed by atoms with Gasteiger partial charge < -0.3 is 10.2 Å². The molecule has 4 nitrogen and oxygen atoms in total. The molecule has 34 heavy (non-hydrogen) atoms. The molecule has 0 aromatic rings. The van der Waals surface area contributed by atoms with Gasteiger partial charge in [0.15, 0.2) is 5.78 Å². The predicted molar refractivity (Wildman–Crippen MR) is 135 cm³/mol. The maximum atomic E-state index is 12.8. The third kappa shape index (κ3) is 3.30. The average Bonchev–Trinajstić information content (AvgIpc) is 3.03. The fourth-order valence-corrected chi connectivity index (χ4v) is 9.25. The van der Waals surface area contributed by atoms with Gasteiger partial charge in [0.05, 0.1) is 6.10 Å². The van der Waals surface area contributed by atoms with Crippen molar-refractivity contribution in [3.8, 4) is 0 Å². The molecule has 2 N–H and O–H groups in total. The van der Waals surface area contributed by atoms with Gasteiger partial charge in [-0.1, -0.05) is 58.8 Å². The lowest BCUT2D eigenvalue weighted by atomic mass is 9.40. The van der Waals surface area contributed by atoms with Crippen molar-refractivity contribution >= 4 is 11.6 Å². The highest BCUT2D eigenvalue weighted by molar-refractivity contribution is 5.94. The minimum atomic E-state index is -1.05. The van der Waals surface area contributed by atoms with Crippen LogP contribution in [-0.2, 0) is 9.59 Å². The molecule has 4 rings (SSSR count). The van der Waals surface area contributed by atoms with Gasteiger partial charge in [-0.25, -0.2) is 0 Å². The molecule has 0 radical (unpaired) electrons. The van der Waals surface area contributed by atoms with E-state index in [0.29, 0.717) is 24.5 Å². The van der Waals surface area contributed by atoms with Crippen molar-refractivity contribution < 1.29 is 19.8 Å². The molecule has 4 heteroatoms. The van der Waals surface area contributed by atoms with Crippen LogP contribution in [0.1, 0.15) is 93.9 Å². The van der Waals surface area contributed by atoms with Gasteiger partial charge in [0.25, 0.3) is 0 Å². The second-order valence-corrected chi connectivity index (χ2v) is 13.6. The number of aliphatic hydroxyl groups excluding tert-OH is 2. The third-order valence-electron chi connectivity index (χ3n) is 11.6. The number of hydrogen-bond acceptors (Lipinski definition) is 4. The molecule has 0 aromatic heterocycles. The first kappa shape index (κ1) is 25.8. The standard InChI is InChI=1S/C30H46O4/c1-17(2)15-22(31)26(34)18(3)19-11-14-29(7)20-9-10-23-27(4,5)24(32)12-13-28(23,6)21(20)16-25(33)30(19,29)8/h9,15,18-19,21,23,25-26,33-34H,10-14,16H2,1-8H3/t18-,19+,21-,23+,25-,26+,28-,29-,30-/m1/s1. The Balaban J connectivity index is 1.72. The zero-order chi connectivity index (χ0) is 25.4. The lowest BCUT2D eigenvalue weighted by Gasteiger charge is -2.64. The van der Waals surface area contributed by atoms with Crippen LogP contribution in [-0.4, -0.2) is 34.0 Å². The highest BCUT2D eigenvalue weighted by atomic mass is 16.3. The van der Waals surface area contributed by atoms with E-state index in [1.54, 1.807) is 6.08 Å². The summed E-state index contributed by atoms with van der Waals surface area (Å²) in [5.74, 6) is 0.569. The Bertz CT molecular complexity index is 939. The monoisotopic (exact) mass is 470 g/mol. The van der Waals surface area contributed by atoms with Crippen molar-refractivity contribution in [3.05, 3.63) is 23.3 Å². The van der Waals surface area contributed by atoms with Gasteiger partial charge in [-0.2, -0.15) is 0 Å². The molecule has 0 amide bonds. The van der Waals surface area contributed by atoms with Crippen molar-refractivity contribution in [2.75, 3.05) is 0 Å². The van der Waals surface area contributed by atoms with Gasteiger partial charge in [0, 0.05) is 17.3 Å². The summed E-state index contributed by atoms with van der Waals surface area (Å²) in [6, 6.07) is 0. The van der Waals surface area contributed by atoms with Crippen LogP contribution in [0.15, 0.2) is 23.3 Å². The van der Waals surface area contributed by atoms with Crippen LogP contribution in [0.2, 0.25) is 0 Å². The van der Waals surface area contributed by atoms with Crippen LogP contribution in [0.3, 0.4) is 0 Å². The minimum Gasteiger partial charge on any atom is -0.392 e. The number of hydrogen-bond donors (Lipinski definition) is 2. The van der Waals surface area contributed by atoms with Gasteiger partial charge in [-0.3, -0.25) is 9.59 Å². The quantitative estimate of drug-likeness (QED) is 0.410. The number of allylic oxidation sites excluding steroid dienone is 3. The molecule has 9 atom stereocenters. The Kier molecular flexibility index (Phi) is 6.17. The van der Waals surface area contributed by atoms with E-state index in [1.807, 2.05) is 20.8 Å². The first-order chi connectivity index (χ1) is 15.6. The Morgan fingerprint density at radius 2 is 1.79 bits per heavy atom. The van der Waals surface area contributed by atoms with Crippen molar-refractivity contribution in [2.45, 2.75) is 106 Å². The Morgan fingerprint density at radius 3 is 2.41 bits per heavy atom. The van der Waals surface area contributed by atoms with Gasteiger partial charge in [-0.15, -0.1) is 0 Å². The number of carbonyl (C=O) groups excluding carboxylic acids is 2. The van der Waals surface area contributed by atoms with Crippen molar-refractivity contribution in [2.24, 2.45) is 45.3 Å². The van der Waals surface area contributed by atoms with Crippen molar-refractivity contribution in [1.82, 2.24) is 0 Å². The largest absolute Gasteiger partial charge is 0.392 e. The number of rotatable bonds is 4. The van der Waals surface area contributed by atoms with Gasteiger partial charge >= 0.3 is 0 Å². The highest BCUT2D eigenvalue weighted by Gasteiger charge is 2.68. The smallest absolute Gasteiger partial charge is 0.184 e. The number of fused-ring (bicyclic) bond motifs is 5. The molecule has 0 bridgehead atoms. The van der Waals surface area contributed by atoms with Crippen LogP contribution in [0.4, 0.5) is 0 Å². The van der Waals surface area contributed by atoms with Crippen LogP contribution in [0.25, 0.3) is 0 Å². The molecule has 0 spiro atoms. The Hall–Kier alpha value is -1.26. The number of aliphatic hydroxyl groups is 2. The fourth-order valence-electron chi connectivity index (χ4n) is 9.25. The lowest BCUT2D eigenvalue weighted by molar-refractivity contribution is -0.158. The maximum absolute atomic E-state index is 12.8. The Morgan fingerprint density at radius 1 is 1.15 bits per heavy atom.